The fraction of sp³-hybridized carbons (Fsp3) is 0.792. The number of hydrogen-bond donors (Lipinski definition) is 2. The Hall–Kier alpha value is -0.930. The molecular formula is C24H36O3. The molecule has 150 valence electrons. The third-order valence-corrected chi connectivity index (χ3v) is 9.33. The van der Waals surface area contributed by atoms with Crippen LogP contribution >= 0.6 is 0 Å². The van der Waals surface area contributed by atoms with Gasteiger partial charge in [-0.15, -0.1) is 0 Å². The second-order valence-corrected chi connectivity index (χ2v) is 10.5. The van der Waals surface area contributed by atoms with Gasteiger partial charge in [-0.05, 0) is 88.9 Å². The molecule has 0 spiro atoms. The van der Waals surface area contributed by atoms with Crippen LogP contribution < -0.4 is 0 Å². The van der Waals surface area contributed by atoms with Gasteiger partial charge in [0, 0.05) is 5.41 Å². The molecule has 0 radical (unpaired) electrons. The van der Waals surface area contributed by atoms with Gasteiger partial charge in [0.25, 0.3) is 0 Å². The molecule has 3 saturated carbocycles. The number of aliphatic hydroxyl groups excluding tert-OH is 1. The van der Waals surface area contributed by atoms with E-state index < -0.39 is 11.0 Å². The van der Waals surface area contributed by atoms with Crippen molar-refractivity contribution in [3.8, 4) is 0 Å². The molecule has 27 heavy (non-hydrogen) atoms. The monoisotopic (exact) mass is 372 g/mol. The van der Waals surface area contributed by atoms with Crippen molar-refractivity contribution in [1.29, 1.82) is 0 Å². The molecule has 0 aromatic carbocycles. The summed E-state index contributed by atoms with van der Waals surface area (Å²) < 4.78 is 0. The lowest BCUT2D eigenvalue weighted by Crippen LogP contribution is -2.58. The topological polar surface area (TPSA) is 57.5 Å². The number of aliphatic hydroxyl groups is 2. The highest BCUT2D eigenvalue weighted by molar-refractivity contribution is 5.87. The highest BCUT2D eigenvalue weighted by atomic mass is 16.3. The van der Waals surface area contributed by atoms with Crippen molar-refractivity contribution < 1.29 is 15.0 Å². The average Bonchev–Trinajstić information content (AvgIpc) is 2.88. The van der Waals surface area contributed by atoms with Crippen LogP contribution in [0.3, 0.4) is 0 Å². The fourth-order valence-corrected chi connectivity index (χ4v) is 7.72. The van der Waals surface area contributed by atoms with Crippen molar-refractivity contribution in [1.82, 2.24) is 0 Å². The van der Waals surface area contributed by atoms with Gasteiger partial charge < -0.3 is 10.2 Å². The molecule has 0 aromatic rings. The molecule has 4 aliphatic rings. The second kappa shape index (κ2) is 6.03. The zero-order valence-corrected chi connectivity index (χ0v) is 17.6. The Morgan fingerprint density at radius 1 is 1.07 bits per heavy atom. The number of hydrogen-bond acceptors (Lipinski definition) is 3. The summed E-state index contributed by atoms with van der Waals surface area (Å²) in [6.07, 6.45) is 8.53. The Labute approximate surface area is 163 Å². The lowest BCUT2D eigenvalue weighted by Gasteiger charge is -2.60. The van der Waals surface area contributed by atoms with Crippen molar-refractivity contribution >= 4 is 5.78 Å². The van der Waals surface area contributed by atoms with Crippen LogP contribution in [0.15, 0.2) is 22.8 Å². The standard InChI is InChI=1S/C24H36O3/c1-14(2)20-13-21-18(7-6-16-12-17(26)8-10-22(16,21)4)19-9-11-24(27,15(3)25)23(19,20)5/h6,17-19,21,26-27H,7-13H2,1-5H3/t17?,18?,19?,21?,22?,23?,24-/m1/s1. The fourth-order valence-electron chi connectivity index (χ4n) is 7.72. The summed E-state index contributed by atoms with van der Waals surface area (Å²) in [7, 11) is 0. The Bertz CT molecular complexity index is 730. The summed E-state index contributed by atoms with van der Waals surface area (Å²) in [4.78, 5) is 12.6. The maximum atomic E-state index is 12.6. The van der Waals surface area contributed by atoms with Crippen molar-refractivity contribution in [3.05, 3.63) is 22.8 Å². The summed E-state index contributed by atoms with van der Waals surface area (Å²) in [5.74, 6) is 1.37. The van der Waals surface area contributed by atoms with E-state index in [1.807, 2.05) is 0 Å². The number of rotatable bonds is 1. The lowest BCUT2D eigenvalue weighted by molar-refractivity contribution is -0.150. The molecular weight excluding hydrogens is 336 g/mol. The number of fused-ring (bicyclic) bond motifs is 5. The van der Waals surface area contributed by atoms with Gasteiger partial charge in [-0.3, -0.25) is 4.79 Å². The van der Waals surface area contributed by atoms with Crippen LogP contribution in [0.1, 0.15) is 79.6 Å². The van der Waals surface area contributed by atoms with Crippen molar-refractivity contribution in [3.63, 3.8) is 0 Å². The maximum absolute atomic E-state index is 12.6. The molecule has 4 rings (SSSR count). The van der Waals surface area contributed by atoms with E-state index in [1.165, 1.54) is 16.7 Å². The summed E-state index contributed by atoms with van der Waals surface area (Å²) in [6, 6.07) is 0. The zero-order chi connectivity index (χ0) is 19.8. The molecule has 3 nitrogen and oxygen atoms in total. The smallest absolute Gasteiger partial charge is 0.162 e. The summed E-state index contributed by atoms with van der Waals surface area (Å²) in [5, 5.41) is 21.7. The van der Waals surface area contributed by atoms with Gasteiger partial charge in [0.15, 0.2) is 5.78 Å². The minimum absolute atomic E-state index is 0.0660. The Morgan fingerprint density at radius 3 is 2.41 bits per heavy atom. The molecule has 3 heteroatoms. The van der Waals surface area contributed by atoms with E-state index in [1.54, 1.807) is 6.92 Å². The lowest BCUT2D eigenvalue weighted by atomic mass is 9.45. The first kappa shape index (κ1) is 19.4. The van der Waals surface area contributed by atoms with Crippen LogP contribution in [0.2, 0.25) is 0 Å². The normalized spacial score (nSPS) is 49.0. The molecule has 0 heterocycles. The summed E-state index contributed by atoms with van der Waals surface area (Å²) >= 11 is 0. The molecule has 3 fully saturated rings. The zero-order valence-electron chi connectivity index (χ0n) is 17.6. The van der Waals surface area contributed by atoms with Crippen LogP contribution in [-0.4, -0.2) is 27.7 Å². The van der Waals surface area contributed by atoms with E-state index in [0.717, 1.165) is 38.5 Å². The first-order chi connectivity index (χ1) is 12.6. The summed E-state index contributed by atoms with van der Waals surface area (Å²) in [5.41, 5.74) is 2.56. The van der Waals surface area contributed by atoms with Crippen LogP contribution in [0.5, 0.6) is 0 Å². The number of carbonyl (C=O) groups excluding carboxylic acids is 1. The van der Waals surface area contributed by atoms with Crippen molar-refractivity contribution in [2.75, 3.05) is 0 Å². The number of Topliss-reactive ketones (excluding diaryl/α,β-unsaturated/α-hetero) is 1. The van der Waals surface area contributed by atoms with Gasteiger partial charge in [-0.2, -0.15) is 0 Å². The third-order valence-electron chi connectivity index (χ3n) is 9.33. The average molecular weight is 373 g/mol. The van der Waals surface area contributed by atoms with Crippen LogP contribution in [-0.2, 0) is 4.79 Å². The predicted octanol–water partition coefficient (Wildman–Crippen LogP) is 4.58. The van der Waals surface area contributed by atoms with Gasteiger partial charge in [-0.25, -0.2) is 0 Å². The quantitative estimate of drug-likeness (QED) is 0.663. The Morgan fingerprint density at radius 2 is 1.78 bits per heavy atom. The molecule has 0 saturated heterocycles. The molecule has 0 aromatic heterocycles. The first-order valence-corrected chi connectivity index (χ1v) is 10.8. The third kappa shape index (κ3) is 2.37. The van der Waals surface area contributed by atoms with Crippen LogP contribution in [0, 0.1) is 28.6 Å². The number of allylic oxidation sites excluding steroid dienone is 2. The van der Waals surface area contributed by atoms with Gasteiger partial charge >= 0.3 is 0 Å². The first-order valence-electron chi connectivity index (χ1n) is 10.8. The highest BCUT2D eigenvalue weighted by Crippen LogP contribution is 2.69. The molecule has 0 bridgehead atoms. The van der Waals surface area contributed by atoms with Crippen molar-refractivity contribution in [2.24, 2.45) is 28.6 Å². The minimum Gasteiger partial charge on any atom is -0.393 e. The second-order valence-electron chi connectivity index (χ2n) is 10.5. The molecule has 7 atom stereocenters. The maximum Gasteiger partial charge on any atom is 0.162 e. The van der Waals surface area contributed by atoms with Gasteiger partial charge in [0.1, 0.15) is 5.60 Å². The molecule has 0 amide bonds. The highest BCUT2D eigenvalue weighted by Gasteiger charge is 2.67. The molecule has 6 unspecified atom stereocenters. The van der Waals surface area contributed by atoms with E-state index in [0.29, 0.717) is 24.2 Å². The molecule has 2 N–H and O–H groups in total. The van der Waals surface area contributed by atoms with Crippen molar-refractivity contribution in [2.45, 2.75) is 91.3 Å². The van der Waals surface area contributed by atoms with E-state index in [4.69, 9.17) is 0 Å². The van der Waals surface area contributed by atoms with E-state index in [-0.39, 0.29) is 17.3 Å². The van der Waals surface area contributed by atoms with Crippen LogP contribution in [0.25, 0.3) is 0 Å². The predicted molar refractivity (Wildman–Crippen MR) is 107 cm³/mol. The Balaban J connectivity index is 1.83. The van der Waals surface area contributed by atoms with E-state index >= 15 is 0 Å². The van der Waals surface area contributed by atoms with E-state index in [2.05, 4.69) is 33.8 Å². The van der Waals surface area contributed by atoms with Gasteiger partial charge in [0.05, 0.1) is 6.10 Å². The van der Waals surface area contributed by atoms with Crippen LogP contribution in [0.4, 0.5) is 0 Å². The largest absolute Gasteiger partial charge is 0.393 e. The Kier molecular flexibility index (Phi) is 4.33. The molecule has 4 aliphatic carbocycles. The summed E-state index contributed by atoms with van der Waals surface area (Å²) in [6.45, 7) is 10.5. The SMILES string of the molecule is CC(=O)[C@]1(O)CCC2C3CC=C4CC(O)CCC4(C)C3CC(=C(C)C)C21C. The number of carbonyl (C=O) groups is 1. The number of ketones is 1. The molecule has 0 aliphatic heterocycles. The van der Waals surface area contributed by atoms with Gasteiger partial charge in [0.2, 0.25) is 0 Å². The van der Waals surface area contributed by atoms with E-state index in [9.17, 15) is 15.0 Å². The van der Waals surface area contributed by atoms with Gasteiger partial charge in [-0.1, -0.05) is 36.6 Å². The minimum atomic E-state index is -1.22.